The summed E-state index contributed by atoms with van der Waals surface area (Å²) in [5.41, 5.74) is 1.86. The van der Waals surface area contributed by atoms with E-state index in [4.69, 9.17) is 12.2 Å². The van der Waals surface area contributed by atoms with Gasteiger partial charge in [0.05, 0.1) is 0 Å². The second kappa shape index (κ2) is 4.02. The normalized spacial score (nSPS) is 18.4. The first kappa shape index (κ1) is 11.9. The summed E-state index contributed by atoms with van der Waals surface area (Å²) in [7, 11) is 0. The number of aromatic amines is 1. The number of rotatable bonds is 4. The van der Waals surface area contributed by atoms with E-state index in [1.54, 1.807) is 0 Å². The molecule has 1 aliphatic carbocycles. The molecule has 1 aromatic rings. The molecule has 0 bridgehead atoms. The standard InChI is InChI=1S/C13H22N2S/c1-9(2)11-7-14-12(16)15(11)8-13(5-6-13)10(3)4/h7,9-10H,5-6,8H2,1-4H3,(H,14,16). The van der Waals surface area contributed by atoms with Gasteiger partial charge in [-0.05, 0) is 42.3 Å². The fraction of sp³-hybridized carbons (Fsp3) is 0.769. The summed E-state index contributed by atoms with van der Waals surface area (Å²) < 4.78 is 3.20. The Morgan fingerprint density at radius 3 is 2.44 bits per heavy atom. The molecular formula is C13H22N2S. The average molecular weight is 238 g/mol. The zero-order chi connectivity index (χ0) is 11.9. The molecule has 1 heterocycles. The highest BCUT2D eigenvalue weighted by atomic mass is 32.1. The summed E-state index contributed by atoms with van der Waals surface area (Å²) >= 11 is 5.38. The number of nitrogens with one attached hydrogen (secondary N) is 1. The zero-order valence-electron chi connectivity index (χ0n) is 10.7. The van der Waals surface area contributed by atoms with Crippen LogP contribution in [0, 0.1) is 16.1 Å². The minimum atomic E-state index is 0.518. The lowest BCUT2D eigenvalue weighted by molar-refractivity contribution is 0.302. The van der Waals surface area contributed by atoms with Crippen LogP contribution in [0.1, 0.15) is 52.1 Å². The molecule has 1 aromatic heterocycles. The van der Waals surface area contributed by atoms with Gasteiger partial charge in [0.1, 0.15) is 0 Å². The Labute approximate surface area is 103 Å². The molecule has 0 saturated heterocycles. The Kier molecular flexibility index (Phi) is 2.99. The molecule has 0 aliphatic heterocycles. The number of H-pyrrole nitrogens is 1. The largest absolute Gasteiger partial charge is 0.337 e. The monoisotopic (exact) mass is 238 g/mol. The van der Waals surface area contributed by atoms with Crippen molar-refractivity contribution in [1.82, 2.24) is 9.55 Å². The van der Waals surface area contributed by atoms with Crippen LogP contribution >= 0.6 is 12.2 Å². The zero-order valence-corrected chi connectivity index (χ0v) is 11.5. The van der Waals surface area contributed by atoms with Gasteiger partial charge in [-0.25, -0.2) is 0 Å². The fourth-order valence-electron chi connectivity index (χ4n) is 2.44. The van der Waals surface area contributed by atoms with Gasteiger partial charge in [0.2, 0.25) is 0 Å². The Bertz CT molecular complexity index is 421. The van der Waals surface area contributed by atoms with Crippen LogP contribution in [-0.4, -0.2) is 9.55 Å². The molecular weight excluding hydrogens is 216 g/mol. The van der Waals surface area contributed by atoms with Gasteiger partial charge in [0.15, 0.2) is 4.77 Å². The van der Waals surface area contributed by atoms with Crippen LogP contribution in [0.3, 0.4) is 0 Å². The van der Waals surface area contributed by atoms with Gasteiger partial charge < -0.3 is 9.55 Å². The maximum absolute atomic E-state index is 5.38. The Balaban J connectivity index is 2.28. The molecule has 16 heavy (non-hydrogen) atoms. The van der Waals surface area contributed by atoms with Crippen molar-refractivity contribution in [1.29, 1.82) is 0 Å². The molecule has 2 rings (SSSR count). The van der Waals surface area contributed by atoms with E-state index in [1.165, 1.54) is 18.5 Å². The first-order valence-electron chi connectivity index (χ1n) is 6.24. The summed E-state index contributed by atoms with van der Waals surface area (Å²) in [4.78, 5) is 3.19. The van der Waals surface area contributed by atoms with Crippen LogP contribution in [0.4, 0.5) is 0 Å². The molecule has 0 aromatic carbocycles. The van der Waals surface area contributed by atoms with Gasteiger partial charge in [-0.2, -0.15) is 0 Å². The first-order chi connectivity index (χ1) is 7.46. The van der Waals surface area contributed by atoms with Crippen LogP contribution < -0.4 is 0 Å². The summed E-state index contributed by atoms with van der Waals surface area (Å²) in [6.45, 7) is 10.2. The Morgan fingerprint density at radius 1 is 1.38 bits per heavy atom. The smallest absolute Gasteiger partial charge is 0.177 e. The second-order valence-electron chi connectivity index (χ2n) is 5.78. The lowest BCUT2D eigenvalue weighted by Crippen LogP contribution is -2.19. The molecule has 2 nitrogen and oxygen atoms in total. The van der Waals surface area contributed by atoms with Crippen LogP contribution in [0.15, 0.2) is 6.20 Å². The molecule has 0 radical (unpaired) electrons. The van der Waals surface area contributed by atoms with Crippen molar-refractivity contribution in [2.24, 2.45) is 11.3 Å². The maximum Gasteiger partial charge on any atom is 0.177 e. The predicted octanol–water partition coefficient (Wildman–Crippen LogP) is 4.11. The van der Waals surface area contributed by atoms with Crippen molar-refractivity contribution in [3.8, 4) is 0 Å². The third-order valence-electron chi connectivity index (χ3n) is 4.08. The van der Waals surface area contributed by atoms with Gasteiger partial charge in [0, 0.05) is 18.4 Å². The average Bonchev–Trinajstić information content (AvgIpc) is 2.88. The van der Waals surface area contributed by atoms with Crippen molar-refractivity contribution >= 4 is 12.2 Å². The third kappa shape index (κ3) is 1.97. The fourth-order valence-corrected chi connectivity index (χ4v) is 2.67. The van der Waals surface area contributed by atoms with E-state index in [0.717, 1.165) is 17.2 Å². The van der Waals surface area contributed by atoms with Crippen molar-refractivity contribution in [2.75, 3.05) is 0 Å². The minimum absolute atomic E-state index is 0.518. The molecule has 90 valence electrons. The van der Waals surface area contributed by atoms with Gasteiger partial charge in [-0.3, -0.25) is 0 Å². The van der Waals surface area contributed by atoms with E-state index in [-0.39, 0.29) is 0 Å². The lowest BCUT2D eigenvalue weighted by atomic mass is 9.92. The highest BCUT2D eigenvalue weighted by molar-refractivity contribution is 7.71. The lowest BCUT2D eigenvalue weighted by Gasteiger charge is -2.22. The summed E-state index contributed by atoms with van der Waals surface area (Å²) in [6.07, 6.45) is 4.79. The van der Waals surface area contributed by atoms with E-state index in [0.29, 0.717) is 11.3 Å². The molecule has 1 aliphatic rings. The van der Waals surface area contributed by atoms with E-state index in [2.05, 4.69) is 43.4 Å². The highest BCUT2D eigenvalue weighted by Crippen LogP contribution is 2.53. The van der Waals surface area contributed by atoms with E-state index >= 15 is 0 Å². The third-order valence-corrected chi connectivity index (χ3v) is 4.42. The quantitative estimate of drug-likeness (QED) is 0.783. The number of hydrogen-bond acceptors (Lipinski definition) is 1. The van der Waals surface area contributed by atoms with E-state index in [1.807, 2.05) is 0 Å². The molecule has 0 unspecified atom stereocenters. The van der Waals surface area contributed by atoms with Crippen molar-refractivity contribution < 1.29 is 0 Å². The van der Waals surface area contributed by atoms with Crippen LogP contribution in [-0.2, 0) is 6.54 Å². The van der Waals surface area contributed by atoms with E-state index in [9.17, 15) is 0 Å². The van der Waals surface area contributed by atoms with Crippen LogP contribution in [0.2, 0.25) is 0 Å². The molecule has 1 N–H and O–H groups in total. The van der Waals surface area contributed by atoms with Crippen LogP contribution in [0.5, 0.6) is 0 Å². The summed E-state index contributed by atoms with van der Waals surface area (Å²) in [5.74, 6) is 1.29. The van der Waals surface area contributed by atoms with Crippen LogP contribution in [0.25, 0.3) is 0 Å². The number of aromatic nitrogens is 2. The highest BCUT2D eigenvalue weighted by Gasteiger charge is 2.45. The number of imidazole rings is 1. The van der Waals surface area contributed by atoms with Gasteiger partial charge >= 0.3 is 0 Å². The van der Waals surface area contributed by atoms with E-state index < -0.39 is 0 Å². The van der Waals surface area contributed by atoms with Gasteiger partial charge in [-0.1, -0.05) is 27.7 Å². The number of hydrogen-bond donors (Lipinski definition) is 1. The summed E-state index contributed by atoms with van der Waals surface area (Å²) in [5, 5.41) is 0. The number of nitrogens with zero attached hydrogens (tertiary/aromatic N) is 1. The molecule has 0 amide bonds. The van der Waals surface area contributed by atoms with Gasteiger partial charge in [-0.15, -0.1) is 0 Å². The van der Waals surface area contributed by atoms with Crippen molar-refractivity contribution in [2.45, 2.75) is 53.0 Å². The maximum atomic E-state index is 5.38. The molecule has 0 spiro atoms. The SMILES string of the molecule is CC(C)c1c[nH]c(=S)n1CC1(C(C)C)CC1. The summed E-state index contributed by atoms with van der Waals surface area (Å²) in [6, 6.07) is 0. The topological polar surface area (TPSA) is 20.7 Å². The Hall–Kier alpha value is -0.570. The predicted molar refractivity (Wildman–Crippen MR) is 70.2 cm³/mol. The second-order valence-corrected chi connectivity index (χ2v) is 6.16. The van der Waals surface area contributed by atoms with Crippen molar-refractivity contribution in [3.05, 3.63) is 16.7 Å². The van der Waals surface area contributed by atoms with Crippen molar-refractivity contribution in [3.63, 3.8) is 0 Å². The molecule has 1 fully saturated rings. The molecule has 3 heteroatoms. The molecule has 0 atom stereocenters. The minimum Gasteiger partial charge on any atom is -0.337 e. The first-order valence-corrected chi connectivity index (χ1v) is 6.65. The Morgan fingerprint density at radius 2 is 2.00 bits per heavy atom. The van der Waals surface area contributed by atoms with Gasteiger partial charge in [0.25, 0.3) is 0 Å². The molecule has 1 saturated carbocycles.